The Balaban J connectivity index is 2.48. The lowest BCUT2D eigenvalue weighted by Gasteiger charge is -2.24. The third kappa shape index (κ3) is 3.47. The van der Waals surface area contributed by atoms with E-state index in [2.05, 4.69) is 73.6 Å². The van der Waals surface area contributed by atoms with Crippen molar-refractivity contribution in [2.24, 2.45) is 5.92 Å². The van der Waals surface area contributed by atoms with E-state index >= 15 is 0 Å². The van der Waals surface area contributed by atoms with Crippen molar-refractivity contribution in [1.82, 2.24) is 0 Å². The molecule has 1 aromatic rings. The van der Waals surface area contributed by atoms with E-state index in [1.165, 1.54) is 18.4 Å². The Labute approximate surface area is 152 Å². The fourth-order valence-corrected chi connectivity index (χ4v) is 5.61. The molecular weight excluding hydrogens is 304 g/mol. The van der Waals surface area contributed by atoms with Crippen LogP contribution in [0.25, 0.3) is 0 Å². The van der Waals surface area contributed by atoms with Gasteiger partial charge >= 0.3 is 0 Å². The van der Waals surface area contributed by atoms with E-state index in [-0.39, 0.29) is 0 Å². The number of rotatable bonds is 6. The predicted molar refractivity (Wildman–Crippen MR) is 109 cm³/mol. The Kier molecular flexibility index (Phi) is 6.31. The standard InChI is InChI=1S/C23H34Si/c1-9-14(3)20-12-11-13-21(22(20)15(4)10-2)24-23-18(7)16(5)17(6)19(23)8/h11-15,18H,9-10H2,1-8H3. The van der Waals surface area contributed by atoms with E-state index in [0.717, 1.165) is 9.52 Å². The van der Waals surface area contributed by atoms with Crippen LogP contribution in [0.15, 0.2) is 40.1 Å². The van der Waals surface area contributed by atoms with Crippen molar-refractivity contribution in [2.75, 3.05) is 0 Å². The zero-order valence-corrected chi connectivity index (χ0v) is 17.9. The Bertz CT molecular complexity index is 663. The van der Waals surface area contributed by atoms with Crippen LogP contribution >= 0.6 is 0 Å². The Hall–Kier alpha value is -1.08. The first-order valence-corrected chi connectivity index (χ1v) is 10.6. The second kappa shape index (κ2) is 7.87. The summed E-state index contributed by atoms with van der Waals surface area (Å²) in [6, 6.07) is 7.05. The second-order valence-corrected chi connectivity index (χ2v) is 8.95. The van der Waals surface area contributed by atoms with Crippen molar-refractivity contribution in [2.45, 2.75) is 80.1 Å². The number of allylic oxidation sites excluding steroid dienone is 4. The van der Waals surface area contributed by atoms with Crippen molar-refractivity contribution in [1.29, 1.82) is 0 Å². The quantitative estimate of drug-likeness (QED) is 0.534. The van der Waals surface area contributed by atoms with Gasteiger partial charge in [0.15, 0.2) is 0 Å². The molecule has 2 radical (unpaired) electrons. The lowest BCUT2D eigenvalue weighted by molar-refractivity contribution is 0.680. The van der Waals surface area contributed by atoms with Crippen LogP contribution in [0.3, 0.4) is 0 Å². The highest BCUT2D eigenvalue weighted by molar-refractivity contribution is 6.62. The summed E-state index contributed by atoms with van der Waals surface area (Å²) < 4.78 is 0. The Morgan fingerprint density at radius 3 is 2.08 bits per heavy atom. The van der Waals surface area contributed by atoms with Crippen LogP contribution < -0.4 is 5.19 Å². The number of hydrogen-bond donors (Lipinski definition) is 0. The molecule has 0 aromatic heterocycles. The van der Waals surface area contributed by atoms with Crippen LogP contribution in [0, 0.1) is 5.92 Å². The van der Waals surface area contributed by atoms with Gasteiger partial charge in [0.05, 0.1) is 0 Å². The lowest BCUT2D eigenvalue weighted by Crippen LogP contribution is -2.27. The monoisotopic (exact) mass is 338 g/mol. The van der Waals surface area contributed by atoms with Crippen molar-refractivity contribution in [3.8, 4) is 0 Å². The second-order valence-electron chi connectivity index (χ2n) is 7.62. The van der Waals surface area contributed by atoms with Gasteiger partial charge in [-0.25, -0.2) is 0 Å². The highest BCUT2D eigenvalue weighted by Gasteiger charge is 2.26. The van der Waals surface area contributed by atoms with E-state index in [1.807, 2.05) is 0 Å². The third-order valence-corrected chi connectivity index (χ3v) is 8.08. The first-order valence-electron chi connectivity index (χ1n) is 9.61. The fourth-order valence-electron chi connectivity index (χ4n) is 3.81. The summed E-state index contributed by atoms with van der Waals surface area (Å²) in [5.41, 5.74) is 7.86. The molecule has 0 bridgehead atoms. The minimum Gasteiger partial charge on any atom is -0.0695 e. The van der Waals surface area contributed by atoms with Gasteiger partial charge in [-0.1, -0.05) is 74.3 Å². The largest absolute Gasteiger partial charge is 0.117 e. The minimum atomic E-state index is 0.611. The molecule has 1 aromatic carbocycles. The van der Waals surface area contributed by atoms with E-state index in [4.69, 9.17) is 0 Å². The van der Waals surface area contributed by atoms with Crippen molar-refractivity contribution in [3.05, 3.63) is 51.2 Å². The van der Waals surface area contributed by atoms with Crippen LogP contribution in [0.4, 0.5) is 0 Å². The first kappa shape index (κ1) is 19.2. The summed E-state index contributed by atoms with van der Waals surface area (Å²) in [6.07, 6.45) is 2.43. The average molecular weight is 339 g/mol. The highest BCUT2D eigenvalue weighted by atomic mass is 28.2. The van der Waals surface area contributed by atoms with Gasteiger partial charge in [0.25, 0.3) is 0 Å². The number of benzene rings is 1. The van der Waals surface area contributed by atoms with Gasteiger partial charge in [0, 0.05) is 0 Å². The summed E-state index contributed by atoms with van der Waals surface area (Å²) in [5.74, 6) is 1.90. The molecule has 0 fully saturated rings. The highest BCUT2D eigenvalue weighted by Crippen LogP contribution is 2.36. The maximum absolute atomic E-state index is 2.41. The van der Waals surface area contributed by atoms with E-state index in [1.54, 1.807) is 32.7 Å². The molecule has 0 amide bonds. The zero-order valence-electron chi connectivity index (χ0n) is 16.9. The van der Waals surface area contributed by atoms with Crippen molar-refractivity contribution in [3.63, 3.8) is 0 Å². The first-order chi connectivity index (χ1) is 11.3. The molecule has 0 saturated carbocycles. The van der Waals surface area contributed by atoms with Gasteiger partial charge in [-0.3, -0.25) is 0 Å². The molecular formula is C23H34Si. The molecule has 1 aliphatic carbocycles. The van der Waals surface area contributed by atoms with Crippen LogP contribution in [-0.4, -0.2) is 9.52 Å². The summed E-state index contributed by atoms with van der Waals surface area (Å²) >= 11 is 0. The molecule has 24 heavy (non-hydrogen) atoms. The Morgan fingerprint density at radius 1 is 0.958 bits per heavy atom. The zero-order chi connectivity index (χ0) is 18.0. The van der Waals surface area contributed by atoms with Crippen molar-refractivity contribution < 1.29 is 0 Å². The van der Waals surface area contributed by atoms with Gasteiger partial charge in [0.2, 0.25) is 0 Å². The van der Waals surface area contributed by atoms with Crippen LogP contribution in [0.2, 0.25) is 0 Å². The van der Waals surface area contributed by atoms with Crippen LogP contribution in [0.1, 0.15) is 91.2 Å². The molecule has 3 atom stereocenters. The SMILES string of the molecule is CCC(C)c1cccc([Si]C2=C(C)C(C)=C(C)C2C)c1C(C)CC. The maximum Gasteiger partial charge on any atom is 0.117 e. The van der Waals surface area contributed by atoms with E-state index < -0.39 is 0 Å². The number of hydrogen-bond acceptors (Lipinski definition) is 0. The Morgan fingerprint density at radius 2 is 1.58 bits per heavy atom. The average Bonchev–Trinajstić information content (AvgIpc) is 2.78. The molecule has 130 valence electrons. The van der Waals surface area contributed by atoms with Crippen LogP contribution in [-0.2, 0) is 0 Å². The molecule has 0 spiro atoms. The summed E-state index contributed by atoms with van der Waals surface area (Å²) in [7, 11) is 0.814. The normalized spacial score (nSPS) is 20.8. The van der Waals surface area contributed by atoms with E-state index in [0.29, 0.717) is 17.8 Å². The van der Waals surface area contributed by atoms with Gasteiger partial charge < -0.3 is 0 Å². The molecule has 0 aliphatic heterocycles. The topological polar surface area (TPSA) is 0 Å². The third-order valence-electron chi connectivity index (χ3n) is 6.30. The van der Waals surface area contributed by atoms with Crippen LogP contribution in [0.5, 0.6) is 0 Å². The molecule has 0 nitrogen and oxygen atoms in total. The molecule has 3 unspecified atom stereocenters. The minimum absolute atomic E-state index is 0.611. The van der Waals surface area contributed by atoms with Gasteiger partial charge in [-0.2, -0.15) is 0 Å². The maximum atomic E-state index is 2.41. The molecule has 0 saturated heterocycles. The summed E-state index contributed by atoms with van der Waals surface area (Å²) in [5, 5.41) is 3.25. The van der Waals surface area contributed by atoms with Gasteiger partial charge in [-0.15, -0.1) is 0 Å². The summed E-state index contributed by atoms with van der Waals surface area (Å²) in [4.78, 5) is 0. The van der Waals surface area contributed by atoms with Gasteiger partial charge in [0.1, 0.15) is 9.52 Å². The summed E-state index contributed by atoms with van der Waals surface area (Å²) in [6.45, 7) is 18.7. The van der Waals surface area contributed by atoms with E-state index in [9.17, 15) is 0 Å². The fraction of sp³-hybridized carbons (Fsp3) is 0.565. The molecule has 0 N–H and O–H groups in total. The molecule has 1 heteroatoms. The predicted octanol–water partition coefficient (Wildman–Crippen LogP) is 6.30. The van der Waals surface area contributed by atoms with Gasteiger partial charge in [-0.05, 0) is 68.1 Å². The smallest absolute Gasteiger partial charge is 0.0695 e. The molecule has 0 heterocycles. The lowest BCUT2D eigenvalue weighted by atomic mass is 9.86. The molecule has 2 rings (SSSR count). The van der Waals surface area contributed by atoms with Crippen molar-refractivity contribution >= 4 is 14.7 Å². The molecule has 1 aliphatic rings.